The van der Waals surface area contributed by atoms with Crippen molar-refractivity contribution in [3.05, 3.63) is 70.8 Å². The molecule has 3 rings (SSSR count). The molecule has 1 unspecified atom stereocenters. The van der Waals surface area contributed by atoms with Gasteiger partial charge in [-0.1, -0.05) is 36.4 Å². The van der Waals surface area contributed by atoms with E-state index in [1.807, 2.05) is 32.3 Å². The van der Waals surface area contributed by atoms with Crippen LogP contribution in [0.3, 0.4) is 0 Å². The lowest BCUT2D eigenvalue weighted by Gasteiger charge is -2.15. The van der Waals surface area contributed by atoms with Gasteiger partial charge in [0.1, 0.15) is 0 Å². The lowest BCUT2D eigenvalue weighted by molar-refractivity contribution is 0.0951. The number of hydrogen-bond donors (Lipinski definition) is 2. The molecule has 0 bridgehead atoms. The second-order valence-electron chi connectivity index (χ2n) is 6.93. The number of benzene rings is 2. The van der Waals surface area contributed by atoms with Crippen molar-refractivity contribution in [1.82, 2.24) is 15.5 Å². The van der Waals surface area contributed by atoms with Gasteiger partial charge in [0.2, 0.25) is 0 Å². The number of fused-ring (bicyclic) bond motifs is 1. The number of aryl methyl sites for hydroxylation is 1. The van der Waals surface area contributed by atoms with Crippen LogP contribution in [0, 0.1) is 0 Å². The molecule has 132 valence electrons. The molecule has 1 atom stereocenters. The van der Waals surface area contributed by atoms with E-state index in [-0.39, 0.29) is 5.91 Å². The van der Waals surface area contributed by atoms with E-state index < -0.39 is 0 Å². The van der Waals surface area contributed by atoms with Crippen LogP contribution in [0.25, 0.3) is 0 Å². The summed E-state index contributed by atoms with van der Waals surface area (Å²) < 4.78 is 0. The molecular weight excluding hydrogens is 310 g/mol. The molecule has 0 saturated heterocycles. The summed E-state index contributed by atoms with van der Waals surface area (Å²) >= 11 is 0. The first-order chi connectivity index (χ1) is 12.1. The molecule has 4 nitrogen and oxygen atoms in total. The minimum Gasteiger partial charge on any atom is -0.351 e. The number of likely N-dealkylation sites (N-methyl/N-ethyl adjacent to an activating group) is 1. The van der Waals surface area contributed by atoms with Crippen LogP contribution < -0.4 is 10.6 Å². The van der Waals surface area contributed by atoms with E-state index in [9.17, 15) is 4.79 Å². The van der Waals surface area contributed by atoms with Gasteiger partial charge >= 0.3 is 0 Å². The van der Waals surface area contributed by atoms with E-state index in [2.05, 4.69) is 45.9 Å². The normalized spacial score (nSPS) is 16.0. The van der Waals surface area contributed by atoms with Gasteiger partial charge in [-0.3, -0.25) is 4.79 Å². The Kier molecular flexibility index (Phi) is 5.84. The molecule has 0 fully saturated rings. The predicted molar refractivity (Wildman–Crippen MR) is 102 cm³/mol. The van der Waals surface area contributed by atoms with E-state index in [1.54, 1.807) is 0 Å². The summed E-state index contributed by atoms with van der Waals surface area (Å²) in [5.41, 5.74) is 4.74. The van der Waals surface area contributed by atoms with Crippen LogP contribution >= 0.6 is 0 Å². The highest BCUT2D eigenvalue weighted by atomic mass is 16.1. The molecule has 1 aliphatic rings. The molecule has 0 aromatic heterocycles. The fraction of sp³-hybridized carbons (Fsp3) is 0.381. The van der Waals surface area contributed by atoms with Gasteiger partial charge < -0.3 is 15.5 Å². The first kappa shape index (κ1) is 17.6. The molecule has 25 heavy (non-hydrogen) atoms. The Balaban J connectivity index is 1.56. The van der Waals surface area contributed by atoms with Crippen LogP contribution in [0.5, 0.6) is 0 Å². The summed E-state index contributed by atoms with van der Waals surface area (Å²) in [5.74, 6) is -0.00471. The Morgan fingerprint density at radius 1 is 1.16 bits per heavy atom. The molecular formula is C21H27N3O. The number of nitrogens with one attached hydrogen (secondary N) is 2. The highest BCUT2D eigenvalue weighted by Crippen LogP contribution is 2.30. The molecule has 1 aliphatic carbocycles. The molecule has 0 spiro atoms. The topological polar surface area (TPSA) is 44.4 Å². The van der Waals surface area contributed by atoms with Gasteiger partial charge in [-0.2, -0.15) is 0 Å². The molecule has 0 radical (unpaired) electrons. The number of carbonyl (C=O) groups excluding carboxylic acids is 1. The van der Waals surface area contributed by atoms with E-state index in [0.717, 1.165) is 37.1 Å². The van der Waals surface area contributed by atoms with Gasteiger partial charge in [-0.15, -0.1) is 0 Å². The number of rotatable bonds is 7. The quantitative estimate of drug-likeness (QED) is 0.816. The largest absolute Gasteiger partial charge is 0.351 e. The Morgan fingerprint density at radius 3 is 2.84 bits per heavy atom. The SMILES string of the molecule is CN(C)CCNC(=O)c1cccc(CNC2CCc3ccccc32)c1. The molecule has 4 heteroatoms. The van der Waals surface area contributed by atoms with E-state index in [0.29, 0.717) is 12.6 Å². The van der Waals surface area contributed by atoms with Crippen molar-refractivity contribution in [3.8, 4) is 0 Å². The van der Waals surface area contributed by atoms with E-state index in [1.165, 1.54) is 11.1 Å². The lowest BCUT2D eigenvalue weighted by Crippen LogP contribution is -2.31. The van der Waals surface area contributed by atoms with Gasteiger partial charge in [-0.25, -0.2) is 0 Å². The van der Waals surface area contributed by atoms with Gasteiger partial charge in [0.15, 0.2) is 0 Å². The van der Waals surface area contributed by atoms with Crippen molar-refractivity contribution in [2.24, 2.45) is 0 Å². The van der Waals surface area contributed by atoms with Crippen molar-refractivity contribution >= 4 is 5.91 Å². The summed E-state index contributed by atoms with van der Waals surface area (Å²) in [6, 6.07) is 17.0. The Labute approximate surface area is 150 Å². The Morgan fingerprint density at radius 2 is 2.00 bits per heavy atom. The third-order valence-electron chi connectivity index (χ3n) is 4.72. The highest BCUT2D eigenvalue weighted by molar-refractivity contribution is 5.94. The first-order valence-electron chi connectivity index (χ1n) is 8.96. The molecule has 2 aromatic carbocycles. The van der Waals surface area contributed by atoms with Gasteiger partial charge in [0, 0.05) is 31.2 Å². The minimum atomic E-state index is -0.00471. The maximum absolute atomic E-state index is 12.3. The van der Waals surface area contributed by atoms with E-state index >= 15 is 0 Å². The van der Waals surface area contributed by atoms with Crippen LogP contribution in [-0.2, 0) is 13.0 Å². The van der Waals surface area contributed by atoms with Crippen LogP contribution in [0.1, 0.15) is 39.5 Å². The van der Waals surface area contributed by atoms with E-state index in [4.69, 9.17) is 0 Å². The standard InChI is InChI=1S/C21H27N3O/c1-24(2)13-12-22-21(25)18-8-5-6-16(14-18)15-23-20-11-10-17-7-3-4-9-19(17)20/h3-9,14,20,23H,10-13,15H2,1-2H3,(H,22,25). The molecule has 0 heterocycles. The third kappa shape index (κ3) is 4.68. The third-order valence-corrected chi connectivity index (χ3v) is 4.72. The summed E-state index contributed by atoms with van der Waals surface area (Å²) in [6.45, 7) is 2.28. The zero-order valence-electron chi connectivity index (χ0n) is 15.1. The second kappa shape index (κ2) is 8.28. The van der Waals surface area contributed by atoms with Crippen molar-refractivity contribution in [2.45, 2.75) is 25.4 Å². The number of hydrogen-bond acceptors (Lipinski definition) is 3. The fourth-order valence-electron chi connectivity index (χ4n) is 3.33. The average molecular weight is 337 g/mol. The minimum absolute atomic E-state index is 0.00471. The highest BCUT2D eigenvalue weighted by Gasteiger charge is 2.21. The fourth-order valence-corrected chi connectivity index (χ4v) is 3.33. The molecule has 1 amide bonds. The zero-order chi connectivity index (χ0) is 17.6. The second-order valence-corrected chi connectivity index (χ2v) is 6.93. The Bertz CT molecular complexity index is 727. The Hall–Kier alpha value is -2.17. The van der Waals surface area contributed by atoms with Crippen LogP contribution in [-0.4, -0.2) is 38.0 Å². The van der Waals surface area contributed by atoms with Gasteiger partial charge in [0.05, 0.1) is 0 Å². The summed E-state index contributed by atoms with van der Waals surface area (Å²) in [7, 11) is 4.00. The van der Waals surface area contributed by atoms with Crippen molar-refractivity contribution in [3.63, 3.8) is 0 Å². The monoisotopic (exact) mass is 337 g/mol. The van der Waals surface area contributed by atoms with Crippen molar-refractivity contribution in [1.29, 1.82) is 0 Å². The summed E-state index contributed by atoms with van der Waals surface area (Å²) in [6.07, 6.45) is 2.28. The maximum atomic E-state index is 12.3. The van der Waals surface area contributed by atoms with Crippen molar-refractivity contribution < 1.29 is 4.79 Å². The predicted octanol–water partition coefficient (Wildman–Crippen LogP) is 2.76. The van der Waals surface area contributed by atoms with Crippen LogP contribution in [0.4, 0.5) is 0 Å². The summed E-state index contributed by atoms with van der Waals surface area (Å²) in [5, 5.41) is 6.61. The average Bonchev–Trinajstić information content (AvgIpc) is 3.03. The maximum Gasteiger partial charge on any atom is 0.251 e. The van der Waals surface area contributed by atoms with Crippen LogP contribution in [0.2, 0.25) is 0 Å². The van der Waals surface area contributed by atoms with Crippen LogP contribution in [0.15, 0.2) is 48.5 Å². The molecule has 2 N–H and O–H groups in total. The number of nitrogens with zero attached hydrogens (tertiary/aromatic N) is 1. The molecule has 0 aliphatic heterocycles. The van der Waals surface area contributed by atoms with Crippen molar-refractivity contribution in [2.75, 3.05) is 27.2 Å². The lowest BCUT2D eigenvalue weighted by atomic mass is 10.1. The number of carbonyl (C=O) groups is 1. The number of amides is 1. The smallest absolute Gasteiger partial charge is 0.251 e. The van der Waals surface area contributed by atoms with Gasteiger partial charge in [-0.05, 0) is 55.8 Å². The zero-order valence-corrected chi connectivity index (χ0v) is 15.1. The van der Waals surface area contributed by atoms with Gasteiger partial charge in [0.25, 0.3) is 5.91 Å². The first-order valence-corrected chi connectivity index (χ1v) is 8.96. The molecule has 0 saturated carbocycles. The summed E-state index contributed by atoms with van der Waals surface area (Å²) in [4.78, 5) is 14.3. The molecule has 2 aromatic rings.